The van der Waals surface area contributed by atoms with Crippen molar-refractivity contribution < 1.29 is 9.52 Å². The molecule has 0 aliphatic heterocycles. The van der Waals surface area contributed by atoms with Crippen LogP contribution in [-0.2, 0) is 5.75 Å². The number of benzene rings is 1. The van der Waals surface area contributed by atoms with E-state index < -0.39 is 0 Å². The molecule has 1 heterocycles. The standard InChI is InChI=1S/C16H20O3S/c1-10(7-17)8-20-9-13-6-16(18)19-15-5-12(3)11(2)4-14(13)15/h4-6,10,17H,7-9H2,1-3H3. The Morgan fingerprint density at radius 2 is 1.95 bits per heavy atom. The van der Waals surface area contributed by atoms with Crippen LogP contribution in [0.2, 0.25) is 0 Å². The average Bonchev–Trinajstić information content (AvgIpc) is 2.40. The maximum Gasteiger partial charge on any atom is 0.336 e. The van der Waals surface area contributed by atoms with E-state index in [1.54, 1.807) is 17.8 Å². The lowest BCUT2D eigenvalue weighted by atomic mass is 10.0. The van der Waals surface area contributed by atoms with Crippen LogP contribution in [0.4, 0.5) is 0 Å². The van der Waals surface area contributed by atoms with Crippen molar-refractivity contribution in [1.82, 2.24) is 0 Å². The molecule has 0 saturated heterocycles. The van der Waals surface area contributed by atoms with Crippen molar-refractivity contribution in [3.05, 3.63) is 45.3 Å². The molecule has 2 aromatic rings. The van der Waals surface area contributed by atoms with E-state index in [-0.39, 0.29) is 18.2 Å². The summed E-state index contributed by atoms with van der Waals surface area (Å²) in [7, 11) is 0. The summed E-state index contributed by atoms with van der Waals surface area (Å²) in [5.74, 6) is 1.91. The first kappa shape index (κ1) is 15.1. The molecule has 0 fully saturated rings. The van der Waals surface area contributed by atoms with E-state index in [4.69, 9.17) is 9.52 Å². The highest BCUT2D eigenvalue weighted by Crippen LogP contribution is 2.25. The fraction of sp³-hybridized carbons (Fsp3) is 0.438. The smallest absolute Gasteiger partial charge is 0.336 e. The molecule has 0 spiro atoms. The Bertz CT molecular complexity index is 661. The third-order valence-corrected chi connectivity index (χ3v) is 4.74. The van der Waals surface area contributed by atoms with Crippen LogP contribution in [0.3, 0.4) is 0 Å². The molecular weight excluding hydrogens is 272 g/mol. The molecule has 3 nitrogen and oxygen atoms in total. The number of hydrogen-bond acceptors (Lipinski definition) is 4. The van der Waals surface area contributed by atoms with Crippen molar-refractivity contribution in [3.63, 3.8) is 0 Å². The molecule has 0 radical (unpaired) electrons. The van der Waals surface area contributed by atoms with Crippen LogP contribution in [-0.4, -0.2) is 17.5 Å². The molecule has 2 rings (SSSR count). The summed E-state index contributed by atoms with van der Waals surface area (Å²) < 4.78 is 5.28. The second-order valence-corrected chi connectivity index (χ2v) is 6.36. The third kappa shape index (κ3) is 3.44. The monoisotopic (exact) mass is 292 g/mol. The van der Waals surface area contributed by atoms with Gasteiger partial charge in [-0.15, -0.1) is 0 Å². The van der Waals surface area contributed by atoms with Gasteiger partial charge in [-0.2, -0.15) is 11.8 Å². The van der Waals surface area contributed by atoms with Gasteiger partial charge < -0.3 is 9.52 Å². The lowest BCUT2D eigenvalue weighted by molar-refractivity contribution is 0.250. The minimum absolute atomic E-state index is 0.197. The van der Waals surface area contributed by atoms with Crippen LogP contribution in [0.25, 0.3) is 11.0 Å². The third-order valence-electron chi connectivity index (χ3n) is 3.42. The molecule has 1 aromatic heterocycles. The van der Waals surface area contributed by atoms with Crippen LogP contribution < -0.4 is 5.63 Å². The van der Waals surface area contributed by atoms with Gasteiger partial charge in [0, 0.05) is 23.8 Å². The van der Waals surface area contributed by atoms with Gasteiger partial charge in [0.25, 0.3) is 0 Å². The molecule has 0 saturated carbocycles. The molecule has 4 heteroatoms. The molecule has 20 heavy (non-hydrogen) atoms. The number of fused-ring (bicyclic) bond motifs is 1. The fourth-order valence-electron chi connectivity index (χ4n) is 2.03. The Hall–Kier alpha value is -1.26. The summed E-state index contributed by atoms with van der Waals surface area (Å²) in [6, 6.07) is 5.59. The molecule has 0 aliphatic rings. The van der Waals surface area contributed by atoms with Crippen LogP contribution in [0.1, 0.15) is 23.6 Å². The second kappa shape index (κ2) is 6.46. The zero-order valence-electron chi connectivity index (χ0n) is 12.1. The highest BCUT2D eigenvalue weighted by molar-refractivity contribution is 7.98. The van der Waals surface area contributed by atoms with E-state index >= 15 is 0 Å². The number of aliphatic hydroxyl groups is 1. The minimum Gasteiger partial charge on any atom is -0.423 e. The Labute approximate surface area is 123 Å². The van der Waals surface area contributed by atoms with E-state index in [0.717, 1.165) is 28.0 Å². The van der Waals surface area contributed by atoms with Gasteiger partial charge in [0.15, 0.2) is 0 Å². The van der Waals surface area contributed by atoms with E-state index in [1.165, 1.54) is 5.56 Å². The maximum absolute atomic E-state index is 11.6. The molecule has 108 valence electrons. The normalized spacial score (nSPS) is 12.8. The van der Waals surface area contributed by atoms with E-state index in [2.05, 4.69) is 13.0 Å². The number of aryl methyl sites for hydroxylation is 2. The van der Waals surface area contributed by atoms with Crippen molar-refractivity contribution in [1.29, 1.82) is 0 Å². The Kier molecular flexibility index (Phi) is 4.89. The number of rotatable bonds is 5. The zero-order valence-corrected chi connectivity index (χ0v) is 12.9. The van der Waals surface area contributed by atoms with E-state index in [9.17, 15) is 4.79 Å². The summed E-state index contributed by atoms with van der Waals surface area (Å²) >= 11 is 1.73. The first-order chi connectivity index (χ1) is 9.51. The Morgan fingerprint density at radius 3 is 2.65 bits per heavy atom. The highest BCUT2D eigenvalue weighted by atomic mass is 32.2. The van der Waals surface area contributed by atoms with Crippen LogP contribution in [0, 0.1) is 19.8 Å². The summed E-state index contributed by atoms with van der Waals surface area (Å²) in [6.07, 6.45) is 0. The SMILES string of the molecule is Cc1cc2oc(=O)cc(CSCC(C)CO)c2cc1C. The topological polar surface area (TPSA) is 50.4 Å². The van der Waals surface area contributed by atoms with Gasteiger partial charge >= 0.3 is 5.63 Å². The minimum atomic E-state index is -0.299. The van der Waals surface area contributed by atoms with Gasteiger partial charge in [0.2, 0.25) is 0 Å². The lowest BCUT2D eigenvalue weighted by Crippen LogP contribution is -2.05. The van der Waals surface area contributed by atoms with Gasteiger partial charge in [-0.1, -0.05) is 6.92 Å². The van der Waals surface area contributed by atoms with Crippen molar-refractivity contribution in [3.8, 4) is 0 Å². The quantitative estimate of drug-likeness (QED) is 0.859. The number of thioether (sulfide) groups is 1. The van der Waals surface area contributed by atoms with E-state index in [1.807, 2.05) is 19.9 Å². The second-order valence-electron chi connectivity index (χ2n) is 5.33. The lowest BCUT2D eigenvalue weighted by Gasteiger charge is -2.10. The molecule has 1 N–H and O–H groups in total. The number of aliphatic hydroxyl groups excluding tert-OH is 1. The first-order valence-corrected chi connectivity index (χ1v) is 7.89. The van der Waals surface area contributed by atoms with Crippen LogP contribution in [0.5, 0.6) is 0 Å². The molecule has 1 aromatic carbocycles. The molecule has 1 unspecified atom stereocenters. The Balaban J connectivity index is 2.32. The molecule has 0 bridgehead atoms. The predicted octanol–water partition coefficient (Wildman–Crippen LogP) is 3.27. The van der Waals surface area contributed by atoms with Gasteiger partial charge in [0.1, 0.15) is 5.58 Å². The van der Waals surface area contributed by atoms with Crippen molar-refractivity contribution in [2.24, 2.45) is 5.92 Å². The Morgan fingerprint density at radius 1 is 1.25 bits per heavy atom. The number of hydrogen-bond donors (Lipinski definition) is 1. The summed E-state index contributed by atoms with van der Waals surface area (Å²) in [5.41, 5.74) is 3.69. The highest BCUT2D eigenvalue weighted by Gasteiger charge is 2.08. The summed E-state index contributed by atoms with van der Waals surface area (Å²) in [4.78, 5) is 11.6. The molecule has 0 aliphatic carbocycles. The predicted molar refractivity (Wildman–Crippen MR) is 84.4 cm³/mol. The summed E-state index contributed by atoms with van der Waals surface area (Å²) in [6.45, 7) is 6.28. The van der Waals surface area contributed by atoms with Crippen LogP contribution >= 0.6 is 11.8 Å². The average molecular weight is 292 g/mol. The fourth-order valence-corrected chi connectivity index (χ4v) is 3.11. The largest absolute Gasteiger partial charge is 0.423 e. The van der Waals surface area contributed by atoms with Crippen molar-refractivity contribution in [2.45, 2.75) is 26.5 Å². The van der Waals surface area contributed by atoms with Gasteiger partial charge in [-0.25, -0.2) is 4.79 Å². The van der Waals surface area contributed by atoms with Gasteiger partial charge in [-0.05, 0) is 54.3 Å². The first-order valence-electron chi connectivity index (χ1n) is 6.74. The van der Waals surface area contributed by atoms with Crippen LogP contribution in [0.15, 0.2) is 27.4 Å². The van der Waals surface area contributed by atoms with Crippen molar-refractivity contribution in [2.75, 3.05) is 12.4 Å². The van der Waals surface area contributed by atoms with Gasteiger partial charge in [0.05, 0.1) is 0 Å². The molecular formula is C16H20O3S. The van der Waals surface area contributed by atoms with Crippen molar-refractivity contribution >= 4 is 22.7 Å². The van der Waals surface area contributed by atoms with E-state index in [0.29, 0.717) is 5.58 Å². The maximum atomic E-state index is 11.6. The summed E-state index contributed by atoms with van der Waals surface area (Å²) in [5, 5.41) is 10.0. The molecule has 1 atom stereocenters. The molecule has 0 amide bonds. The zero-order chi connectivity index (χ0) is 14.7. The van der Waals surface area contributed by atoms with Gasteiger partial charge in [-0.3, -0.25) is 0 Å².